The molecule has 0 aliphatic carbocycles. The Morgan fingerprint density at radius 2 is 2.27 bits per heavy atom. The van der Waals surface area contributed by atoms with Crippen LogP contribution in [0, 0.1) is 10.1 Å². The lowest BCUT2D eigenvalue weighted by atomic mass is 10.2. The molecule has 6 nitrogen and oxygen atoms in total. The second kappa shape index (κ2) is 3.56. The third kappa shape index (κ3) is 2.04. The first-order chi connectivity index (χ1) is 7.15. The van der Waals surface area contributed by atoms with Gasteiger partial charge >= 0.3 is 0 Å². The zero-order chi connectivity index (χ0) is 10.8. The summed E-state index contributed by atoms with van der Waals surface area (Å²) in [5.74, 6) is 0.305. The summed E-state index contributed by atoms with van der Waals surface area (Å²) in [7, 11) is 0. The molecule has 1 aliphatic rings. The molecule has 0 bridgehead atoms. The molecule has 1 N–H and O–H groups in total. The standard InChI is InChI=1S/C9H8N2O4/c12-8-5-9(10-8)15-7-3-1-2-6(4-7)11(13)14/h1-4,9H,5H2,(H,10,12)/t9-/m1/s1. The molecule has 1 heterocycles. The van der Waals surface area contributed by atoms with E-state index in [4.69, 9.17) is 4.74 Å². The summed E-state index contributed by atoms with van der Waals surface area (Å²) in [6.45, 7) is 0. The first-order valence-electron chi connectivity index (χ1n) is 4.35. The molecule has 0 unspecified atom stereocenters. The van der Waals surface area contributed by atoms with Crippen LogP contribution in [0.2, 0.25) is 0 Å². The van der Waals surface area contributed by atoms with Gasteiger partial charge in [0, 0.05) is 6.07 Å². The molecule has 2 rings (SSSR count). The van der Waals surface area contributed by atoms with Gasteiger partial charge in [0.2, 0.25) is 5.91 Å². The number of hydrogen-bond donors (Lipinski definition) is 1. The van der Waals surface area contributed by atoms with Crippen LogP contribution in [0.1, 0.15) is 6.42 Å². The van der Waals surface area contributed by atoms with Gasteiger partial charge in [-0.15, -0.1) is 0 Å². The highest BCUT2D eigenvalue weighted by Crippen LogP contribution is 2.21. The molecule has 1 aromatic carbocycles. The average Bonchev–Trinajstić information content (AvgIpc) is 2.16. The van der Waals surface area contributed by atoms with Crippen molar-refractivity contribution in [2.45, 2.75) is 12.6 Å². The normalized spacial score (nSPS) is 18.9. The minimum atomic E-state index is -0.494. The summed E-state index contributed by atoms with van der Waals surface area (Å²) in [5, 5.41) is 13.0. The van der Waals surface area contributed by atoms with Crippen molar-refractivity contribution < 1.29 is 14.5 Å². The van der Waals surface area contributed by atoms with Gasteiger partial charge in [0.25, 0.3) is 5.69 Å². The lowest BCUT2D eigenvalue weighted by molar-refractivity contribution is -0.385. The molecule has 1 atom stereocenters. The summed E-state index contributed by atoms with van der Waals surface area (Å²) in [5.41, 5.74) is -0.0295. The van der Waals surface area contributed by atoms with Gasteiger partial charge in [0.1, 0.15) is 5.75 Å². The lowest BCUT2D eigenvalue weighted by Crippen LogP contribution is -2.51. The fourth-order valence-electron chi connectivity index (χ4n) is 1.23. The Labute approximate surface area is 85.0 Å². The van der Waals surface area contributed by atoms with E-state index in [0.717, 1.165) is 0 Å². The van der Waals surface area contributed by atoms with Crippen LogP contribution in [0.5, 0.6) is 5.75 Å². The number of nitro benzene ring substituents is 1. The predicted molar refractivity (Wildman–Crippen MR) is 50.3 cm³/mol. The van der Waals surface area contributed by atoms with Crippen molar-refractivity contribution >= 4 is 11.6 Å². The average molecular weight is 208 g/mol. The zero-order valence-corrected chi connectivity index (χ0v) is 7.67. The molecule has 78 valence electrons. The minimum Gasteiger partial charge on any atom is -0.470 e. The summed E-state index contributed by atoms with van der Waals surface area (Å²) in [6.07, 6.45) is -0.0672. The van der Waals surface area contributed by atoms with Gasteiger partial charge in [-0.3, -0.25) is 14.9 Å². The summed E-state index contributed by atoms with van der Waals surface area (Å²) in [4.78, 5) is 20.5. The van der Waals surface area contributed by atoms with Crippen LogP contribution < -0.4 is 10.1 Å². The van der Waals surface area contributed by atoms with Crippen LogP contribution in [0.4, 0.5) is 5.69 Å². The van der Waals surface area contributed by atoms with Crippen molar-refractivity contribution in [1.82, 2.24) is 5.32 Å². The summed E-state index contributed by atoms with van der Waals surface area (Å²) in [6, 6.07) is 5.85. The Bertz CT molecular complexity index is 410. The van der Waals surface area contributed by atoms with E-state index in [9.17, 15) is 14.9 Å². The molecule has 1 amide bonds. The van der Waals surface area contributed by atoms with Crippen molar-refractivity contribution in [1.29, 1.82) is 0 Å². The first-order valence-corrected chi connectivity index (χ1v) is 4.35. The van der Waals surface area contributed by atoms with Crippen molar-refractivity contribution in [2.75, 3.05) is 0 Å². The largest absolute Gasteiger partial charge is 0.470 e. The fourth-order valence-corrected chi connectivity index (χ4v) is 1.23. The highest BCUT2D eigenvalue weighted by molar-refractivity contribution is 5.82. The van der Waals surface area contributed by atoms with E-state index in [-0.39, 0.29) is 17.8 Å². The van der Waals surface area contributed by atoms with E-state index in [1.54, 1.807) is 6.07 Å². The van der Waals surface area contributed by atoms with Crippen LogP contribution in [0.15, 0.2) is 24.3 Å². The maximum Gasteiger partial charge on any atom is 0.273 e. The van der Waals surface area contributed by atoms with Gasteiger partial charge in [0.15, 0.2) is 6.23 Å². The van der Waals surface area contributed by atoms with Gasteiger partial charge in [-0.25, -0.2) is 0 Å². The quantitative estimate of drug-likeness (QED) is 0.453. The Morgan fingerprint density at radius 3 is 2.87 bits per heavy atom. The zero-order valence-electron chi connectivity index (χ0n) is 7.67. The number of nitrogens with zero attached hydrogens (tertiary/aromatic N) is 1. The number of carbonyl (C=O) groups is 1. The molecule has 1 aliphatic heterocycles. The number of hydrogen-bond acceptors (Lipinski definition) is 4. The van der Waals surface area contributed by atoms with Crippen molar-refractivity contribution in [3.05, 3.63) is 34.4 Å². The Kier molecular flexibility index (Phi) is 2.24. The van der Waals surface area contributed by atoms with E-state index in [1.807, 2.05) is 0 Å². The van der Waals surface area contributed by atoms with Gasteiger partial charge in [-0.2, -0.15) is 0 Å². The molecule has 0 radical (unpaired) electrons. The molecule has 0 spiro atoms. The van der Waals surface area contributed by atoms with Gasteiger partial charge < -0.3 is 10.1 Å². The van der Waals surface area contributed by atoms with Crippen LogP contribution in [0.25, 0.3) is 0 Å². The van der Waals surface area contributed by atoms with Crippen LogP contribution in [-0.4, -0.2) is 17.1 Å². The number of benzene rings is 1. The number of carbonyl (C=O) groups excluding carboxylic acids is 1. The predicted octanol–water partition coefficient (Wildman–Crippen LogP) is 0.820. The Hall–Kier alpha value is -2.11. The maximum absolute atomic E-state index is 10.6. The van der Waals surface area contributed by atoms with E-state index >= 15 is 0 Å². The lowest BCUT2D eigenvalue weighted by Gasteiger charge is -2.27. The number of nitrogens with one attached hydrogen (secondary N) is 1. The summed E-state index contributed by atoms with van der Waals surface area (Å²) >= 11 is 0. The van der Waals surface area contributed by atoms with E-state index in [2.05, 4.69) is 5.32 Å². The smallest absolute Gasteiger partial charge is 0.273 e. The molecule has 0 saturated carbocycles. The van der Waals surface area contributed by atoms with Crippen LogP contribution in [0.3, 0.4) is 0 Å². The first kappa shape index (κ1) is 9.45. The van der Waals surface area contributed by atoms with Crippen LogP contribution in [-0.2, 0) is 4.79 Å². The van der Waals surface area contributed by atoms with Gasteiger partial charge in [-0.05, 0) is 6.07 Å². The molecular weight excluding hydrogens is 200 g/mol. The molecular formula is C9H8N2O4. The van der Waals surface area contributed by atoms with Crippen molar-refractivity contribution in [3.63, 3.8) is 0 Å². The topological polar surface area (TPSA) is 81.5 Å². The number of β-lactam (4-membered cyclic amide) rings is 1. The van der Waals surface area contributed by atoms with Gasteiger partial charge in [0.05, 0.1) is 17.4 Å². The molecule has 1 fully saturated rings. The molecule has 1 aromatic rings. The highest BCUT2D eigenvalue weighted by atomic mass is 16.6. The monoisotopic (exact) mass is 208 g/mol. The van der Waals surface area contributed by atoms with E-state index in [0.29, 0.717) is 12.2 Å². The molecule has 0 aromatic heterocycles. The van der Waals surface area contributed by atoms with Crippen molar-refractivity contribution in [3.8, 4) is 5.75 Å². The van der Waals surface area contributed by atoms with E-state index in [1.165, 1.54) is 18.2 Å². The SMILES string of the molecule is O=C1C[C@@H](Oc2cccc([N+](=O)[O-])c2)N1. The third-order valence-electron chi connectivity index (χ3n) is 2.00. The third-order valence-corrected chi connectivity index (χ3v) is 2.00. The number of ether oxygens (including phenoxy) is 1. The Balaban J connectivity index is 2.05. The number of amides is 1. The molecule has 15 heavy (non-hydrogen) atoms. The number of non-ortho nitro benzene ring substituents is 1. The summed E-state index contributed by atoms with van der Waals surface area (Å²) < 4.78 is 5.28. The highest BCUT2D eigenvalue weighted by Gasteiger charge is 2.27. The van der Waals surface area contributed by atoms with Gasteiger partial charge in [-0.1, -0.05) is 6.07 Å². The maximum atomic E-state index is 10.6. The van der Waals surface area contributed by atoms with Crippen molar-refractivity contribution in [2.24, 2.45) is 0 Å². The van der Waals surface area contributed by atoms with Crippen LogP contribution >= 0.6 is 0 Å². The second-order valence-electron chi connectivity index (χ2n) is 3.13. The number of nitro groups is 1. The number of rotatable bonds is 3. The molecule has 6 heteroatoms. The fraction of sp³-hybridized carbons (Fsp3) is 0.222. The second-order valence-corrected chi connectivity index (χ2v) is 3.13. The van der Waals surface area contributed by atoms with E-state index < -0.39 is 4.92 Å². The minimum absolute atomic E-state index is 0.0295. The molecule has 1 saturated heterocycles. The Morgan fingerprint density at radius 1 is 1.53 bits per heavy atom.